The maximum absolute atomic E-state index is 12.2. The fourth-order valence-corrected chi connectivity index (χ4v) is 4.51. The van der Waals surface area contributed by atoms with E-state index in [2.05, 4.69) is 15.6 Å². The summed E-state index contributed by atoms with van der Waals surface area (Å²) in [7, 11) is 3.96. The number of anilines is 1. The molecule has 7 heteroatoms. The van der Waals surface area contributed by atoms with Gasteiger partial charge in [0, 0.05) is 20.6 Å². The molecule has 2 N–H and O–H groups in total. The third-order valence-corrected chi connectivity index (χ3v) is 6.01. The first kappa shape index (κ1) is 14.7. The second kappa shape index (κ2) is 6.29. The van der Waals surface area contributed by atoms with Crippen LogP contribution in [0.3, 0.4) is 0 Å². The number of carbonyl (C=O) groups is 1. The zero-order valence-corrected chi connectivity index (χ0v) is 13.9. The molecule has 1 atom stereocenters. The van der Waals surface area contributed by atoms with E-state index in [1.54, 1.807) is 11.3 Å². The first-order valence-corrected chi connectivity index (χ1v) is 8.83. The Morgan fingerprint density at radius 3 is 3.05 bits per heavy atom. The van der Waals surface area contributed by atoms with Crippen LogP contribution in [0.2, 0.25) is 0 Å². The number of carbonyl (C=O) groups excluding carboxylic acids is 1. The van der Waals surface area contributed by atoms with E-state index in [1.807, 2.05) is 25.1 Å². The molecule has 1 unspecified atom stereocenters. The molecule has 0 aliphatic carbocycles. The fourth-order valence-electron chi connectivity index (χ4n) is 2.46. The number of hydrogen-bond donors (Lipinski definition) is 2. The third kappa shape index (κ3) is 3.36. The SMILES string of the molecule is CN(C)c1nc2sc(C(=O)NCCC3CCNC3)cc2s1. The van der Waals surface area contributed by atoms with E-state index in [4.69, 9.17) is 0 Å². The Labute approximate surface area is 132 Å². The molecule has 21 heavy (non-hydrogen) atoms. The first-order valence-electron chi connectivity index (χ1n) is 7.20. The Morgan fingerprint density at radius 2 is 2.38 bits per heavy atom. The number of amides is 1. The predicted molar refractivity (Wildman–Crippen MR) is 89.8 cm³/mol. The summed E-state index contributed by atoms with van der Waals surface area (Å²) in [5.41, 5.74) is 0. The van der Waals surface area contributed by atoms with E-state index in [0.717, 1.165) is 45.6 Å². The van der Waals surface area contributed by atoms with Gasteiger partial charge in [0.15, 0.2) is 5.13 Å². The fraction of sp³-hybridized carbons (Fsp3) is 0.571. The molecule has 0 radical (unpaired) electrons. The second-order valence-corrected chi connectivity index (χ2v) is 7.61. The molecule has 2 aromatic heterocycles. The van der Waals surface area contributed by atoms with E-state index in [1.165, 1.54) is 17.8 Å². The molecule has 1 fully saturated rings. The summed E-state index contributed by atoms with van der Waals surface area (Å²) in [6.07, 6.45) is 2.28. The molecule has 1 amide bonds. The quantitative estimate of drug-likeness (QED) is 0.885. The first-order chi connectivity index (χ1) is 10.1. The van der Waals surface area contributed by atoms with Gasteiger partial charge in [-0.15, -0.1) is 11.3 Å². The highest BCUT2D eigenvalue weighted by Gasteiger charge is 2.16. The Hall–Kier alpha value is -1.18. The normalized spacial score (nSPS) is 18.3. The molecule has 0 aromatic carbocycles. The lowest BCUT2D eigenvalue weighted by Crippen LogP contribution is -2.25. The molecule has 0 bridgehead atoms. The number of hydrogen-bond acceptors (Lipinski definition) is 6. The number of nitrogens with one attached hydrogen (secondary N) is 2. The van der Waals surface area contributed by atoms with Crippen molar-refractivity contribution in [3.8, 4) is 0 Å². The van der Waals surface area contributed by atoms with Gasteiger partial charge in [0.2, 0.25) is 0 Å². The van der Waals surface area contributed by atoms with Gasteiger partial charge in [-0.05, 0) is 37.9 Å². The highest BCUT2D eigenvalue weighted by atomic mass is 32.1. The van der Waals surface area contributed by atoms with Gasteiger partial charge in [0.1, 0.15) is 4.83 Å². The summed E-state index contributed by atoms with van der Waals surface area (Å²) >= 11 is 3.10. The zero-order valence-electron chi connectivity index (χ0n) is 12.3. The predicted octanol–water partition coefficient (Wildman–Crippen LogP) is 2.15. The molecule has 0 saturated carbocycles. The van der Waals surface area contributed by atoms with Gasteiger partial charge in [-0.3, -0.25) is 4.79 Å². The molecule has 0 spiro atoms. The Balaban J connectivity index is 1.57. The topological polar surface area (TPSA) is 57.3 Å². The lowest BCUT2D eigenvalue weighted by molar-refractivity contribution is 0.0956. The number of fused-ring (bicyclic) bond motifs is 1. The third-order valence-electron chi connectivity index (χ3n) is 3.68. The van der Waals surface area contributed by atoms with Crippen molar-refractivity contribution in [1.82, 2.24) is 15.6 Å². The van der Waals surface area contributed by atoms with Crippen molar-refractivity contribution in [1.29, 1.82) is 0 Å². The van der Waals surface area contributed by atoms with Gasteiger partial charge >= 0.3 is 0 Å². The van der Waals surface area contributed by atoms with Crippen LogP contribution >= 0.6 is 22.7 Å². The van der Waals surface area contributed by atoms with Gasteiger partial charge in [-0.25, -0.2) is 4.98 Å². The molecule has 3 heterocycles. The van der Waals surface area contributed by atoms with Crippen LogP contribution in [0, 0.1) is 5.92 Å². The Morgan fingerprint density at radius 1 is 1.52 bits per heavy atom. The molecular formula is C14H20N4OS2. The zero-order chi connectivity index (χ0) is 14.8. The van der Waals surface area contributed by atoms with Crippen molar-refractivity contribution in [2.75, 3.05) is 38.6 Å². The maximum atomic E-state index is 12.2. The summed E-state index contributed by atoms with van der Waals surface area (Å²) in [6.45, 7) is 2.95. The van der Waals surface area contributed by atoms with Gasteiger partial charge in [-0.2, -0.15) is 0 Å². The summed E-state index contributed by atoms with van der Waals surface area (Å²) in [4.78, 5) is 20.4. The molecule has 2 aromatic rings. The minimum Gasteiger partial charge on any atom is -0.354 e. The van der Waals surface area contributed by atoms with Crippen LogP contribution in [-0.2, 0) is 0 Å². The van der Waals surface area contributed by atoms with Crippen LogP contribution in [0.5, 0.6) is 0 Å². The van der Waals surface area contributed by atoms with Crippen LogP contribution < -0.4 is 15.5 Å². The van der Waals surface area contributed by atoms with E-state index in [0.29, 0.717) is 5.92 Å². The summed E-state index contributed by atoms with van der Waals surface area (Å²) < 4.78 is 1.09. The number of nitrogens with zero attached hydrogens (tertiary/aromatic N) is 2. The lowest BCUT2D eigenvalue weighted by atomic mass is 10.1. The monoisotopic (exact) mass is 324 g/mol. The van der Waals surface area contributed by atoms with E-state index in [9.17, 15) is 4.79 Å². The van der Waals surface area contributed by atoms with Crippen LogP contribution in [0.25, 0.3) is 9.53 Å². The largest absolute Gasteiger partial charge is 0.354 e. The van der Waals surface area contributed by atoms with Crippen molar-refractivity contribution in [2.45, 2.75) is 12.8 Å². The maximum Gasteiger partial charge on any atom is 0.261 e. The van der Waals surface area contributed by atoms with Crippen LogP contribution in [0.1, 0.15) is 22.5 Å². The van der Waals surface area contributed by atoms with Crippen molar-refractivity contribution in [2.24, 2.45) is 5.92 Å². The van der Waals surface area contributed by atoms with Crippen LogP contribution in [0.15, 0.2) is 6.07 Å². The van der Waals surface area contributed by atoms with Crippen LogP contribution in [-0.4, -0.2) is 44.6 Å². The summed E-state index contributed by atoms with van der Waals surface area (Å²) in [5, 5.41) is 7.36. The average molecular weight is 324 g/mol. The van der Waals surface area contributed by atoms with E-state index < -0.39 is 0 Å². The Kier molecular flexibility index (Phi) is 4.42. The van der Waals surface area contributed by atoms with Crippen LogP contribution in [0.4, 0.5) is 5.13 Å². The molecule has 114 valence electrons. The van der Waals surface area contributed by atoms with Crippen molar-refractivity contribution < 1.29 is 4.79 Å². The number of rotatable bonds is 5. The second-order valence-electron chi connectivity index (χ2n) is 5.57. The molecule has 1 aliphatic rings. The van der Waals surface area contributed by atoms with Gasteiger partial charge in [-0.1, -0.05) is 11.3 Å². The number of aromatic nitrogens is 1. The molecular weight excluding hydrogens is 304 g/mol. The van der Waals surface area contributed by atoms with E-state index in [-0.39, 0.29) is 5.91 Å². The van der Waals surface area contributed by atoms with Gasteiger partial charge < -0.3 is 15.5 Å². The van der Waals surface area contributed by atoms with Crippen molar-refractivity contribution in [3.63, 3.8) is 0 Å². The van der Waals surface area contributed by atoms with Gasteiger partial charge in [0.25, 0.3) is 5.91 Å². The summed E-state index contributed by atoms with van der Waals surface area (Å²) in [6, 6.07) is 1.96. The lowest BCUT2D eigenvalue weighted by Gasteiger charge is -2.08. The minimum atomic E-state index is 0.0301. The number of thiophene rings is 1. The van der Waals surface area contributed by atoms with Crippen molar-refractivity contribution in [3.05, 3.63) is 10.9 Å². The van der Waals surface area contributed by atoms with E-state index >= 15 is 0 Å². The number of thiazole rings is 1. The smallest absolute Gasteiger partial charge is 0.261 e. The molecule has 1 aliphatic heterocycles. The minimum absolute atomic E-state index is 0.0301. The van der Waals surface area contributed by atoms with Gasteiger partial charge in [0.05, 0.1) is 9.58 Å². The molecule has 5 nitrogen and oxygen atoms in total. The highest BCUT2D eigenvalue weighted by molar-refractivity contribution is 7.29. The standard InChI is InChI=1S/C14H20N4OS2/c1-18(2)14-17-13-11(21-14)7-10(20-13)12(19)16-6-4-9-3-5-15-8-9/h7,9,15H,3-6,8H2,1-2H3,(H,16,19). The summed E-state index contributed by atoms with van der Waals surface area (Å²) in [5.74, 6) is 0.740. The molecule has 3 rings (SSSR count). The van der Waals surface area contributed by atoms with Crippen molar-refractivity contribution >= 4 is 43.2 Å². The highest BCUT2D eigenvalue weighted by Crippen LogP contribution is 2.33. The average Bonchev–Trinajstić information content (AvgIpc) is 3.13. The molecule has 1 saturated heterocycles. The Bertz CT molecular complexity index is 596.